The van der Waals surface area contributed by atoms with Crippen molar-refractivity contribution < 1.29 is 14.3 Å². The molecule has 1 aliphatic heterocycles. The maximum absolute atomic E-state index is 12.1. The van der Waals surface area contributed by atoms with Crippen LogP contribution in [0.1, 0.15) is 31.2 Å². The maximum atomic E-state index is 12.1. The van der Waals surface area contributed by atoms with Crippen LogP contribution in [0.15, 0.2) is 72.4 Å². The highest BCUT2D eigenvalue weighted by Crippen LogP contribution is 2.24. The Morgan fingerprint density at radius 1 is 1.17 bits per heavy atom. The van der Waals surface area contributed by atoms with Crippen LogP contribution in [0.2, 0.25) is 0 Å². The zero-order chi connectivity index (χ0) is 15.9. The van der Waals surface area contributed by atoms with Crippen molar-refractivity contribution in [3.63, 3.8) is 0 Å². The lowest BCUT2D eigenvalue weighted by Crippen LogP contribution is -2.10. The molecule has 0 spiro atoms. The fourth-order valence-electron chi connectivity index (χ4n) is 2.48. The van der Waals surface area contributed by atoms with Gasteiger partial charge in [0.2, 0.25) is 11.5 Å². The average Bonchev–Trinajstić information content (AvgIpc) is 2.62. The zero-order valence-electron chi connectivity index (χ0n) is 12.9. The number of nitrogens with zero attached hydrogens (tertiary/aromatic N) is 1. The molecule has 0 saturated carbocycles. The Kier molecular flexibility index (Phi) is 5.04. The smallest absolute Gasteiger partial charge is 0.204 e. The van der Waals surface area contributed by atoms with Crippen LogP contribution in [0.3, 0.4) is 0 Å². The number of hydrogen-bond donors (Lipinski definition) is 0. The predicted octanol–water partition coefficient (Wildman–Crippen LogP) is 3.98. The second-order valence-electron chi connectivity index (χ2n) is 5.55. The number of hydrogen-bond acceptors (Lipinski definition) is 4. The first kappa shape index (κ1) is 15.3. The Morgan fingerprint density at radius 2 is 2.04 bits per heavy atom. The quantitative estimate of drug-likeness (QED) is 0.797. The highest BCUT2D eigenvalue weighted by molar-refractivity contribution is 5.93. The molecule has 4 nitrogen and oxygen atoms in total. The number of carbonyl (C=O) groups is 1. The van der Waals surface area contributed by atoms with Gasteiger partial charge in [-0.05, 0) is 37.0 Å². The third kappa shape index (κ3) is 4.42. The molecular formula is C19H19NO3. The summed E-state index contributed by atoms with van der Waals surface area (Å²) in [6.45, 7) is 0. The average molecular weight is 309 g/mol. The molecule has 0 saturated heterocycles. The standard InChI is InChI=1S/C19H19NO3/c21-18(7-6-15-8-10-20-11-9-15)19-14-22-17(13-23-19)12-16-4-2-1-3-5-16/h1-2,4,8-11,13-14H,3,5-7,12H2. The van der Waals surface area contributed by atoms with E-state index in [0.717, 1.165) is 30.6 Å². The number of ether oxygens (including phenoxy) is 2. The number of carbonyl (C=O) groups excluding carboxylic acids is 1. The molecule has 1 aromatic rings. The predicted molar refractivity (Wildman–Crippen MR) is 87.0 cm³/mol. The summed E-state index contributed by atoms with van der Waals surface area (Å²) in [5.41, 5.74) is 2.39. The van der Waals surface area contributed by atoms with Crippen molar-refractivity contribution in [3.8, 4) is 0 Å². The molecule has 0 unspecified atom stereocenters. The zero-order valence-corrected chi connectivity index (χ0v) is 12.9. The Bertz CT molecular complexity index is 684. The third-order valence-corrected chi connectivity index (χ3v) is 3.80. The van der Waals surface area contributed by atoms with Crippen LogP contribution in [0.25, 0.3) is 0 Å². The van der Waals surface area contributed by atoms with Gasteiger partial charge >= 0.3 is 0 Å². The maximum Gasteiger partial charge on any atom is 0.204 e. The first-order valence-electron chi connectivity index (χ1n) is 7.80. The molecule has 0 aromatic carbocycles. The summed E-state index contributed by atoms with van der Waals surface area (Å²) < 4.78 is 11.0. The largest absolute Gasteiger partial charge is 0.462 e. The van der Waals surface area contributed by atoms with Gasteiger partial charge in [-0.2, -0.15) is 0 Å². The second kappa shape index (κ2) is 7.58. The van der Waals surface area contributed by atoms with Gasteiger partial charge in [0.1, 0.15) is 18.3 Å². The van der Waals surface area contributed by atoms with Crippen molar-refractivity contribution in [1.29, 1.82) is 0 Å². The first-order chi connectivity index (χ1) is 11.3. The van der Waals surface area contributed by atoms with Gasteiger partial charge in [-0.15, -0.1) is 0 Å². The minimum absolute atomic E-state index is 0.0584. The van der Waals surface area contributed by atoms with E-state index in [4.69, 9.17) is 9.47 Å². The molecule has 0 atom stereocenters. The molecule has 2 aliphatic rings. The minimum Gasteiger partial charge on any atom is -0.462 e. The Hall–Kier alpha value is -2.62. The lowest BCUT2D eigenvalue weighted by molar-refractivity contribution is -0.118. The lowest BCUT2D eigenvalue weighted by Gasteiger charge is -2.16. The molecule has 1 aliphatic carbocycles. The van der Waals surface area contributed by atoms with E-state index in [-0.39, 0.29) is 11.5 Å². The molecule has 0 bridgehead atoms. The van der Waals surface area contributed by atoms with E-state index in [2.05, 4.69) is 23.2 Å². The number of rotatable bonds is 6. The fourth-order valence-corrected chi connectivity index (χ4v) is 2.48. The van der Waals surface area contributed by atoms with Crippen molar-refractivity contribution in [1.82, 2.24) is 4.98 Å². The highest BCUT2D eigenvalue weighted by Gasteiger charge is 2.17. The van der Waals surface area contributed by atoms with Crippen molar-refractivity contribution in [2.24, 2.45) is 0 Å². The minimum atomic E-state index is -0.0584. The molecule has 0 radical (unpaired) electrons. The topological polar surface area (TPSA) is 48.4 Å². The van der Waals surface area contributed by atoms with E-state index in [1.54, 1.807) is 18.7 Å². The number of allylic oxidation sites excluding steroid dienone is 5. The number of aromatic nitrogens is 1. The van der Waals surface area contributed by atoms with E-state index >= 15 is 0 Å². The summed E-state index contributed by atoms with van der Waals surface area (Å²) >= 11 is 0. The fraction of sp³-hybridized carbons (Fsp3) is 0.263. The van der Waals surface area contributed by atoms with Gasteiger partial charge in [-0.3, -0.25) is 9.78 Å². The van der Waals surface area contributed by atoms with Crippen molar-refractivity contribution in [3.05, 3.63) is 77.9 Å². The van der Waals surface area contributed by atoms with Gasteiger partial charge in [0.25, 0.3) is 0 Å². The summed E-state index contributed by atoms with van der Waals surface area (Å²) in [6.07, 6.45) is 16.6. The Morgan fingerprint density at radius 3 is 2.74 bits per heavy atom. The van der Waals surface area contributed by atoms with Crippen molar-refractivity contribution in [2.45, 2.75) is 32.1 Å². The SMILES string of the molecule is O=C(CCc1ccncc1)C1=COC(CC2=CC=CCC2)=CO1. The number of ketones is 1. The van der Waals surface area contributed by atoms with E-state index < -0.39 is 0 Å². The van der Waals surface area contributed by atoms with Crippen LogP contribution in [0.4, 0.5) is 0 Å². The molecule has 0 amide bonds. The number of Topliss-reactive ketones (excluding diaryl/α,β-unsaturated/α-hetero) is 1. The molecule has 4 heteroatoms. The molecule has 3 rings (SSSR count). The number of aryl methyl sites for hydroxylation is 1. The monoisotopic (exact) mass is 309 g/mol. The lowest BCUT2D eigenvalue weighted by atomic mass is 10.0. The van der Waals surface area contributed by atoms with Crippen molar-refractivity contribution >= 4 is 5.78 Å². The van der Waals surface area contributed by atoms with E-state index in [0.29, 0.717) is 12.8 Å². The van der Waals surface area contributed by atoms with Gasteiger partial charge in [-0.25, -0.2) is 0 Å². The second-order valence-corrected chi connectivity index (χ2v) is 5.55. The molecule has 2 heterocycles. The van der Waals surface area contributed by atoms with Gasteiger partial charge in [0, 0.05) is 25.2 Å². The molecule has 118 valence electrons. The molecular weight excluding hydrogens is 290 g/mol. The normalized spacial score (nSPS) is 16.6. The third-order valence-electron chi connectivity index (χ3n) is 3.80. The van der Waals surface area contributed by atoms with E-state index in [9.17, 15) is 4.79 Å². The van der Waals surface area contributed by atoms with Crippen LogP contribution in [-0.4, -0.2) is 10.8 Å². The van der Waals surface area contributed by atoms with E-state index in [1.807, 2.05) is 12.1 Å². The Balaban J connectivity index is 1.48. The summed E-state index contributed by atoms with van der Waals surface area (Å²) in [5, 5.41) is 0. The van der Waals surface area contributed by atoms with Gasteiger partial charge in [0.05, 0.1) is 0 Å². The molecule has 1 aromatic heterocycles. The Labute approximate surface area is 135 Å². The molecule has 0 N–H and O–H groups in total. The molecule has 0 fully saturated rings. The van der Waals surface area contributed by atoms with Crippen molar-refractivity contribution in [2.75, 3.05) is 0 Å². The van der Waals surface area contributed by atoms with Crippen LogP contribution >= 0.6 is 0 Å². The van der Waals surface area contributed by atoms with Gasteiger partial charge < -0.3 is 9.47 Å². The first-order valence-corrected chi connectivity index (χ1v) is 7.80. The van der Waals surface area contributed by atoms with Gasteiger partial charge in [-0.1, -0.05) is 23.8 Å². The summed E-state index contributed by atoms with van der Waals surface area (Å²) in [5.74, 6) is 0.939. The summed E-state index contributed by atoms with van der Waals surface area (Å²) in [7, 11) is 0. The van der Waals surface area contributed by atoms with Crippen LogP contribution < -0.4 is 0 Å². The van der Waals surface area contributed by atoms with Crippen LogP contribution in [0, 0.1) is 0 Å². The van der Waals surface area contributed by atoms with Crippen LogP contribution in [0.5, 0.6) is 0 Å². The molecule has 23 heavy (non-hydrogen) atoms. The van der Waals surface area contributed by atoms with Crippen LogP contribution in [-0.2, 0) is 20.7 Å². The van der Waals surface area contributed by atoms with E-state index in [1.165, 1.54) is 11.8 Å². The van der Waals surface area contributed by atoms with Gasteiger partial charge in [0.15, 0.2) is 0 Å². The highest BCUT2D eigenvalue weighted by atomic mass is 16.5. The number of pyridine rings is 1. The summed E-state index contributed by atoms with van der Waals surface area (Å²) in [4.78, 5) is 16.1. The summed E-state index contributed by atoms with van der Waals surface area (Å²) in [6, 6.07) is 3.81.